The molecule has 1 aliphatic heterocycles. The summed E-state index contributed by atoms with van der Waals surface area (Å²) in [6.07, 6.45) is 2.16. The summed E-state index contributed by atoms with van der Waals surface area (Å²) in [5.41, 5.74) is 2.34. The van der Waals surface area contributed by atoms with E-state index in [1.165, 1.54) is 18.3 Å². The minimum absolute atomic E-state index is 0.0189. The molecule has 1 aliphatic rings. The molecule has 1 aromatic carbocycles. The Hall–Kier alpha value is -3.31. The summed E-state index contributed by atoms with van der Waals surface area (Å²) in [6.45, 7) is 16.0. The fourth-order valence-electron chi connectivity index (χ4n) is 4.50. The Bertz CT molecular complexity index is 1490. The van der Waals surface area contributed by atoms with Gasteiger partial charge in [-0.05, 0) is 51.9 Å². The van der Waals surface area contributed by atoms with Gasteiger partial charge in [-0.15, -0.1) is 5.10 Å². The maximum atomic E-state index is 8.13. The quantitative estimate of drug-likeness (QED) is 0.155. The first-order valence-electron chi connectivity index (χ1n) is 14.3. The molecule has 5 rings (SSSR count). The zero-order valence-corrected chi connectivity index (χ0v) is 24.6. The van der Waals surface area contributed by atoms with Gasteiger partial charge in [-0.2, -0.15) is 4.98 Å². The maximum absolute atomic E-state index is 8.13. The zero-order valence-electron chi connectivity index (χ0n) is 25.7. The average molecular weight is 589 g/mol. The Kier molecular flexibility index (Phi) is 9.54. The highest BCUT2D eigenvalue weighted by Gasteiger charge is 2.39. The maximum Gasteiger partial charge on any atom is 0.280 e. The number of aliphatic hydroxyl groups is 1. The van der Waals surface area contributed by atoms with Gasteiger partial charge in [0.05, 0.1) is 18.5 Å². The van der Waals surface area contributed by atoms with Crippen molar-refractivity contribution in [3.05, 3.63) is 48.3 Å². The first-order chi connectivity index (χ1) is 20.8. The molecule has 4 atom stereocenters. The first-order valence-corrected chi connectivity index (χ1v) is 14.3. The van der Waals surface area contributed by atoms with Crippen molar-refractivity contribution in [1.29, 1.82) is 1.43 Å². The Morgan fingerprint density at radius 3 is 2.80 bits per heavy atom. The number of imidazole rings is 1. The summed E-state index contributed by atoms with van der Waals surface area (Å²) in [4.78, 5) is 23.9. The largest absolute Gasteiger partial charge is 0.400 e. The van der Waals surface area contributed by atoms with Crippen LogP contribution in [0.1, 0.15) is 48.6 Å². The minimum atomic E-state index is -1.47. The van der Waals surface area contributed by atoms with Crippen LogP contribution < -0.4 is 4.84 Å². The highest BCUT2D eigenvalue weighted by molar-refractivity contribution is 7.44. The van der Waals surface area contributed by atoms with Crippen LogP contribution in [-0.2, 0) is 13.8 Å². The lowest BCUT2D eigenvalue weighted by Gasteiger charge is -2.36. The van der Waals surface area contributed by atoms with Gasteiger partial charge in [0.25, 0.3) is 14.4 Å². The van der Waals surface area contributed by atoms with Crippen molar-refractivity contribution in [3.8, 4) is 5.88 Å². The number of aromatic nitrogens is 7. The molecule has 2 unspecified atom stereocenters. The molecule has 1 saturated heterocycles. The molecule has 0 bridgehead atoms. The number of ether oxygens (including phenoxy) is 1. The van der Waals surface area contributed by atoms with Crippen molar-refractivity contribution in [3.63, 3.8) is 0 Å². The average Bonchev–Trinajstić information content (AvgIpc) is 3.70. The van der Waals surface area contributed by atoms with E-state index in [4.69, 9.17) is 28.0 Å². The minimum Gasteiger partial charge on any atom is -0.400 e. The predicted molar refractivity (Wildman–Crippen MR) is 153 cm³/mol. The van der Waals surface area contributed by atoms with Crippen molar-refractivity contribution in [2.45, 2.75) is 71.5 Å². The molecule has 0 saturated carbocycles. The lowest BCUT2D eigenvalue weighted by atomic mass is 10.2. The van der Waals surface area contributed by atoms with Crippen molar-refractivity contribution in [2.24, 2.45) is 0 Å². The molecule has 0 spiro atoms. The van der Waals surface area contributed by atoms with Gasteiger partial charge < -0.3 is 28.6 Å². The number of hydrogen-bond acceptors (Lipinski definition) is 11. The number of aliphatic hydroxyl groups excluding tert-OH is 1. The van der Waals surface area contributed by atoms with Gasteiger partial charge in [0, 0.05) is 27.0 Å². The number of nitrogens with zero attached hydrogens (tertiary/aromatic N) is 9. The standard InChI is InChI=1S/C25H32N9O4P.CH4O/c1-16(2)33(17(3)4)39(35-12-11-26-6)38-21-13-22(36-18(21)5)32-15-29-23-24(32)27-14-28-25(23)37-34-20-10-8-7-9-19(20)30-31-34;1-2/h7-10,14-18,21-22H,11-13H2,1-5H3;2H,1H3/t18-,21?,22-,39?;/m1./s1/i5D;2T. The van der Waals surface area contributed by atoms with Gasteiger partial charge in [0.1, 0.15) is 30.2 Å². The lowest BCUT2D eigenvalue weighted by molar-refractivity contribution is -0.00489. The number of benzene rings is 1. The Morgan fingerprint density at radius 2 is 2.07 bits per heavy atom. The van der Waals surface area contributed by atoms with Crippen LogP contribution in [0.15, 0.2) is 36.9 Å². The number of hydrogen-bond donors (Lipinski definition) is 1. The molecule has 1 N–H and O–H groups in total. The van der Waals surface area contributed by atoms with Crippen molar-refractivity contribution >= 4 is 30.7 Å². The Labute approximate surface area is 242 Å². The van der Waals surface area contributed by atoms with Crippen molar-refractivity contribution < 1.29 is 25.1 Å². The molecule has 220 valence electrons. The topological polar surface area (TPSA) is 139 Å². The van der Waals surface area contributed by atoms with Crippen LogP contribution in [0, 0.1) is 6.57 Å². The molecule has 0 amide bonds. The third-order valence-electron chi connectivity index (χ3n) is 6.19. The van der Waals surface area contributed by atoms with E-state index in [9.17, 15) is 0 Å². The molecular weight excluding hydrogens is 549 g/mol. The van der Waals surface area contributed by atoms with Gasteiger partial charge in [0.15, 0.2) is 11.2 Å². The Balaban J connectivity index is 0.00000135. The number of para-hydroxylation sites is 1. The van der Waals surface area contributed by atoms with Crippen LogP contribution in [0.25, 0.3) is 27.0 Å². The molecule has 3 aromatic heterocycles. The summed E-state index contributed by atoms with van der Waals surface area (Å²) >= 11 is 0. The number of fused-ring (bicyclic) bond motifs is 2. The van der Waals surface area contributed by atoms with Crippen LogP contribution in [0.4, 0.5) is 0 Å². The highest BCUT2D eigenvalue weighted by atomic mass is 31.2. The summed E-state index contributed by atoms with van der Waals surface area (Å²) in [6, 6.07) is 7.77. The molecule has 1 fully saturated rings. The Morgan fingerprint density at radius 1 is 1.29 bits per heavy atom. The molecule has 4 aromatic rings. The van der Waals surface area contributed by atoms with Gasteiger partial charge in [-0.1, -0.05) is 17.0 Å². The first kappa shape index (κ1) is 27.8. The van der Waals surface area contributed by atoms with Crippen LogP contribution >= 0.6 is 8.53 Å². The molecule has 15 heteroatoms. The molecule has 14 nitrogen and oxygen atoms in total. The second kappa shape index (κ2) is 14.0. The number of rotatable bonds is 11. The smallest absolute Gasteiger partial charge is 0.280 e. The van der Waals surface area contributed by atoms with E-state index in [-0.39, 0.29) is 38.0 Å². The van der Waals surface area contributed by atoms with Gasteiger partial charge in [0.2, 0.25) is 7.98 Å². The predicted octanol–water partition coefficient (Wildman–Crippen LogP) is 4.00. The van der Waals surface area contributed by atoms with E-state index < -0.39 is 27.0 Å². The molecule has 0 radical (unpaired) electrons. The zero-order chi connectivity index (χ0) is 30.9. The summed E-state index contributed by atoms with van der Waals surface area (Å²) in [5.74, 6) is 0.225. The van der Waals surface area contributed by atoms with Crippen LogP contribution in [0.5, 0.6) is 5.88 Å². The fourth-order valence-corrected chi connectivity index (χ4v) is 6.24. The van der Waals surface area contributed by atoms with E-state index in [1.54, 1.807) is 10.9 Å². The third-order valence-corrected chi connectivity index (χ3v) is 8.34. The monoisotopic (exact) mass is 588 g/mol. The third kappa shape index (κ3) is 6.78. The van der Waals surface area contributed by atoms with Crippen LogP contribution in [-0.4, -0.2) is 90.4 Å². The second-order valence-corrected chi connectivity index (χ2v) is 11.0. The van der Waals surface area contributed by atoms with Crippen LogP contribution in [0.2, 0.25) is 0 Å². The van der Waals surface area contributed by atoms with E-state index >= 15 is 0 Å². The normalized spacial score (nSPS) is 20.2. The van der Waals surface area contributed by atoms with E-state index in [2.05, 4.69) is 67.6 Å². The van der Waals surface area contributed by atoms with E-state index in [1.807, 2.05) is 24.3 Å². The van der Waals surface area contributed by atoms with Crippen molar-refractivity contribution in [1.82, 2.24) is 39.3 Å². The summed E-state index contributed by atoms with van der Waals surface area (Å²) < 4.78 is 36.7. The summed E-state index contributed by atoms with van der Waals surface area (Å²) in [5, 5.41) is 11.7. The lowest BCUT2D eigenvalue weighted by Crippen LogP contribution is -2.35. The van der Waals surface area contributed by atoms with Crippen molar-refractivity contribution in [2.75, 3.05) is 20.3 Å². The van der Waals surface area contributed by atoms with E-state index in [0.717, 1.165) is 0 Å². The fraction of sp³-hybridized carbons (Fsp3) is 0.538. The molecule has 0 aliphatic carbocycles. The van der Waals surface area contributed by atoms with Gasteiger partial charge >= 0.3 is 0 Å². The van der Waals surface area contributed by atoms with E-state index in [0.29, 0.717) is 28.6 Å². The molecule has 41 heavy (non-hydrogen) atoms. The SMILES string of the molecule is [2H]C[C@H]1O[C@@H](n2cnc3c(On4nnc5ccccc54)ncnc32)CC1OP(OCC[N+]#[C-])N(C(C)C)C(C)C.[3H]OC. The van der Waals surface area contributed by atoms with Gasteiger partial charge in [-0.3, -0.25) is 4.57 Å². The summed E-state index contributed by atoms with van der Waals surface area (Å²) in [7, 11) is -0.180. The second-order valence-electron chi connectivity index (χ2n) is 9.57. The molecular formula is C26H36N9O5P. The van der Waals surface area contributed by atoms with Crippen LogP contribution in [0.3, 0.4) is 0 Å². The van der Waals surface area contributed by atoms with Gasteiger partial charge in [-0.25, -0.2) is 21.2 Å². The highest BCUT2D eigenvalue weighted by Crippen LogP contribution is 2.50. The molecule has 4 heterocycles.